The quantitative estimate of drug-likeness (QED) is 0.715. The summed E-state index contributed by atoms with van der Waals surface area (Å²) in [5, 5.41) is 6.12. The Hall–Kier alpha value is -2.87. The number of fused-ring (bicyclic) bond motifs is 1. The highest BCUT2D eigenvalue weighted by molar-refractivity contribution is 7.18. The van der Waals surface area contributed by atoms with Crippen LogP contribution in [0.2, 0.25) is 0 Å². The number of carbonyl (C=O) groups excluding carboxylic acids is 2. The molecule has 3 rings (SSSR count). The van der Waals surface area contributed by atoms with Crippen LogP contribution in [0.4, 0.5) is 14.5 Å². The van der Waals surface area contributed by atoms with E-state index >= 15 is 0 Å². The minimum Gasteiger partial charge on any atom is -0.351 e. The van der Waals surface area contributed by atoms with Gasteiger partial charge in [0.15, 0.2) is 0 Å². The number of amides is 2. The first-order chi connectivity index (χ1) is 12.4. The van der Waals surface area contributed by atoms with E-state index in [2.05, 4.69) is 15.6 Å². The first-order valence-corrected chi connectivity index (χ1v) is 8.64. The summed E-state index contributed by atoms with van der Waals surface area (Å²) in [7, 11) is 0. The minimum absolute atomic E-state index is 0.0221. The molecule has 0 fully saturated rings. The number of carbonyl (C=O) groups is 2. The predicted molar refractivity (Wildman–Crippen MR) is 96.3 cm³/mol. The molecule has 8 heteroatoms. The molecule has 0 saturated carbocycles. The van der Waals surface area contributed by atoms with Crippen molar-refractivity contribution in [3.05, 3.63) is 58.6 Å². The second-order valence-electron chi connectivity index (χ2n) is 5.59. The molecule has 0 aliphatic heterocycles. The zero-order valence-corrected chi connectivity index (χ0v) is 14.6. The number of aryl methyl sites for hydroxylation is 1. The Morgan fingerprint density at radius 2 is 1.96 bits per heavy atom. The fourth-order valence-corrected chi connectivity index (χ4v) is 3.27. The van der Waals surface area contributed by atoms with Gasteiger partial charge in [-0.05, 0) is 37.3 Å². The monoisotopic (exact) mass is 375 g/mol. The molecule has 0 spiro atoms. The predicted octanol–water partition coefficient (Wildman–Crippen LogP) is 3.64. The molecule has 0 saturated heterocycles. The van der Waals surface area contributed by atoms with E-state index in [1.165, 1.54) is 11.3 Å². The van der Waals surface area contributed by atoms with Crippen LogP contribution in [0.5, 0.6) is 0 Å². The van der Waals surface area contributed by atoms with Gasteiger partial charge in [0.05, 0.1) is 20.8 Å². The molecule has 2 amide bonds. The van der Waals surface area contributed by atoms with E-state index in [9.17, 15) is 18.4 Å². The van der Waals surface area contributed by atoms with Crippen molar-refractivity contribution in [1.29, 1.82) is 0 Å². The highest BCUT2D eigenvalue weighted by Crippen LogP contribution is 2.24. The van der Waals surface area contributed by atoms with Crippen LogP contribution in [-0.4, -0.2) is 23.3 Å². The highest BCUT2D eigenvalue weighted by Gasteiger charge is 2.13. The number of rotatable bonds is 5. The lowest BCUT2D eigenvalue weighted by Gasteiger charge is -2.07. The zero-order valence-electron chi connectivity index (χ0n) is 13.8. The topological polar surface area (TPSA) is 71.1 Å². The lowest BCUT2D eigenvalue weighted by molar-refractivity contribution is -0.116. The maximum Gasteiger partial charge on any atom is 0.254 e. The number of hydrogen-bond acceptors (Lipinski definition) is 4. The van der Waals surface area contributed by atoms with Crippen LogP contribution in [-0.2, 0) is 4.79 Å². The molecule has 0 bridgehead atoms. The van der Waals surface area contributed by atoms with Crippen molar-refractivity contribution in [2.45, 2.75) is 13.3 Å². The molecule has 0 unspecified atom stereocenters. The first-order valence-electron chi connectivity index (χ1n) is 7.82. The molecule has 26 heavy (non-hydrogen) atoms. The second-order valence-corrected chi connectivity index (χ2v) is 6.83. The number of aromatic nitrogens is 1. The van der Waals surface area contributed by atoms with Gasteiger partial charge in [-0.25, -0.2) is 13.8 Å². The van der Waals surface area contributed by atoms with Crippen LogP contribution in [0, 0.1) is 18.6 Å². The van der Waals surface area contributed by atoms with E-state index in [4.69, 9.17) is 0 Å². The molecule has 5 nitrogen and oxygen atoms in total. The Morgan fingerprint density at radius 1 is 1.15 bits per heavy atom. The number of nitrogens with one attached hydrogen (secondary N) is 2. The van der Waals surface area contributed by atoms with Crippen molar-refractivity contribution >= 4 is 39.1 Å². The van der Waals surface area contributed by atoms with E-state index in [1.807, 2.05) is 19.1 Å². The number of halogens is 2. The average molecular weight is 375 g/mol. The molecule has 1 aromatic heterocycles. The molecule has 0 aliphatic carbocycles. The molecule has 1 heterocycles. The van der Waals surface area contributed by atoms with Gasteiger partial charge in [-0.2, -0.15) is 0 Å². The Bertz CT molecular complexity index is 988. The Balaban J connectivity index is 1.52. The van der Waals surface area contributed by atoms with Gasteiger partial charge in [-0.1, -0.05) is 0 Å². The van der Waals surface area contributed by atoms with Crippen molar-refractivity contribution in [3.8, 4) is 0 Å². The first kappa shape index (κ1) is 17.9. The van der Waals surface area contributed by atoms with Gasteiger partial charge < -0.3 is 10.6 Å². The standard InChI is InChI=1S/C18H15F2N3O2S/c1-10-22-15-5-3-12(9-16(15)26-10)23-17(24)6-7-21-18(25)13-4-2-11(19)8-14(13)20/h2-5,8-9H,6-7H2,1H3,(H,21,25)(H,23,24). The van der Waals surface area contributed by atoms with Gasteiger partial charge in [0.2, 0.25) is 5.91 Å². The summed E-state index contributed by atoms with van der Waals surface area (Å²) in [4.78, 5) is 28.2. The maximum atomic E-state index is 13.5. The van der Waals surface area contributed by atoms with Crippen LogP contribution in [0.15, 0.2) is 36.4 Å². The molecule has 2 aromatic carbocycles. The van der Waals surface area contributed by atoms with Crippen LogP contribution < -0.4 is 10.6 Å². The summed E-state index contributed by atoms with van der Waals surface area (Å²) in [5.41, 5.74) is 1.25. The lowest BCUT2D eigenvalue weighted by Crippen LogP contribution is -2.28. The Kier molecular flexibility index (Phi) is 5.22. The van der Waals surface area contributed by atoms with Gasteiger partial charge in [0.25, 0.3) is 5.91 Å². The van der Waals surface area contributed by atoms with Gasteiger partial charge in [-0.15, -0.1) is 11.3 Å². The molecule has 0 radical (unpaired) electrons. The molecule has 0 aliphatic rings. The van der Waals surface area contributed by atoms with E-state index in [0.29, 0.717) is 11.8 Å². The Morgan fingerprint density at radius 3 is 2.73 bits per heavy atom. The normalized spacial score (nSPS) is 10.7. The zero-order chi connectivity index (χ0) is 18.7. The van der Waals surface area contributed by atoms with Crippen molar-refractivity contribution < 1.29 is 18.4 Å². The van der Waals surface area contributed by atoms with E-state index in [-0.39, 0.29) is 24.4 Å². The van der Waals surface area contributed by atoms with Crippen molar-refractivity contribution in [3.63, 3.8) is 0 Å². The fourth-order valence-electron chi connectivity index (χ4n) is 2.40. The number of nitrogens with zero attached hydrogens (tertiary/aromatic N) is 1. The van der Waals surface area contributed by atoms with Crippen molar-refractivity contribution in [2.24, 2.45) is 0 Å². The minimum atomic E-state index is -0.944. The summed E-state index contributed by atoms with van der Waals surface area (Å²) in [6, 6.07) is 8.12. The lowest BCUT2D eigenvalue weighted by atomic mass is 10.2. The van der Waals surface area contributed by atoms with Crippen LogP contribution >= 0.6 is 11.3 Å². The fraction of sp³-hybridized carbons (Fsp3) is 0.167. The highest BCUT2D eigenvalue weighted by atomic mass is 32.1. The molecular formula is C18H15F2N3O2S. The SMILES string of the molecule is Cc1nc2ccc(NC(=O)CCNC(=O)c3ccc(F)cc3F)cc2s1. The molecule has 134 valence electrons. The summed E-state index contributed by atoms with van der Waals surface area (Å²) < 4.78 is 27.3. The second kappa shape index (κ2) is 7.57. The van der Waals surface area contributed by atoms with Gasteiger partial charge in [0, 0.05) is 24.7 Å². The van der Waals surface area contributed by atoms with Crippen LogP contribution in [0.25, 0.3) is 10.2 Å². The largest absolute Gasteiger partial charge is 0.351 e. The van der Waals surface area contributed by atoms with Gasteiger partial charge in [-0.3, -0.25) is 9.59 Å². The Labute approximate surface area is 152 Å². The third-order valence-electron chi connectivity index (χ3n) is 3.59. The maximum absolute atomic E-state index is 13.5. The molecular weight excluding hydrogens is 360 g/mol. The van der Waals surface area contributed by atoms with Crippen LogP contribution in [0.3, 0.4) is 0 Å². The van der Waals surface area contributed by atoms with Crippen molar-refractivity contribution in [2.75, 3.05) is 11.9 Å². The summed E-state index contributed by atoms with van der Waals surface area (Å²) in [6.07, 6.45) is 0.0221. The summed E-state index contributed by atoms with van der Waals surface area (Å²) in [5.74, 6) is -2.69. The summed E-state index contributed by atoms with van der Waals surface area (Å²) in [6.45, 7) is 1.94. The van der Waals surface area contributed by atoms with E-state index in [1.54, 1.807) is 6.07 Å². The van der Waals surface area contributed by atoms with Gasteiger partial charge >= 0.3 is 0 Å². The number of benzene rings is 2. The third kappa shape index (κ3) is 4.20. The molecule has 0 atom stereocenters. The smallest absolute Gasteiger partial charge is 0.254 e. The number of thiazole rings is 1. The van der Waals surface area contributed by atoms with E-state index in [0.717, 1.165) is 27.4 Å². The molecule has 3 aromatic rings. The number of hydrogen-bond donors (Lipinski definition) is 2. The third-order valence-corrected chi connectivity index (χ3v) is 4.53. The average Bonchev–Trinajstić information content (AvgIpc) is 2.94. The van der Waals surface area contributed by atoms with E-state index < -0.39 is 17.5 Å². The van der Waals surface area contributed by atoms with Crippen LogP contribution in [0.1, 0.15) is 21.8 Å². The molecule has 2 N–H and O–H groups in total. The van der Waals surface area contributed by atoms with Gasteiger partial charge in [0.1, 0.15) is 11.6 Å². The summed E-state index contributed by atoms with van der Waals surface area (Å²) >= 11 is 1.53. The van der Waals surface area contributed by atoms with Crippen molar-refractivity contribution in [1.82, 2.24) is 10.3 Å². The number of anilines is 1.